The summed E-state index contributed by atoms with van der Waals surface area (Å²) in [6.45, 7) is 0.458. The Morgan fingerprint density at radius 3 is 2.25 bits per heavy atom. The zero-order valence-electron chi connectivity index (χ0n) is 17.2. The molecular weight excluding hydrogens is 414 g/mol. The van der Waals surface area contributed by atoms with Crippen molar-refractivity contribution in [1.82, 2.24) is 16.0 Å². The van der Waals surface area contributed by atoms with Crippen LogP contribution < -0.4 is 16.0 Å². The molecule has 1 aliphatic heterocycles. The van der Waals surface area contributed by atoms with Crippen molar-refractivity contribution in [1.29, 1.82) is 0 Å². The van der Waals surface area contributed by atoms with Gasteiger partial charge in [0.05, 0.1) is 6.42 Å². The third-order valence-corrected chi connectivity index (χ3v) is 5.70. The first kappa shape index (κ1) is 21.4. The van der Waals surface area contributed by atoms with Gasteiger partial charge >= 0.3 is 12.1 Å². The summed E-state index contributed by atoms with van der Waals surface area (Å²) in [5, 5.41) is 16.5. The number of fused-ring (bicyclic) bond motifs is 3. The van der Waals surface area contributed by atoms with Crippen LogP contribution in [0.2, 0.25) is 0 Å². The first-order chi connectivity index (χ1) is 15.4. The monoisotopic (exact) mass is 437 g/mol. The van der Waals surface area contributed by atoms with Gasteiger partial charge in [-0.3, -0.25) is 14.4 Å². The molecule has 2 aromatic carbocycles. The average molecular weight is 437 g/mol. The van der Waals surface area contributed by atoms with Gasteiger partial charge in [-0.15, -0.1) is 0 Å². The maximum atomic E-state index is 12.5. The van der Waals surface area contributed by atoms with E-state index >= 15 is 0 Å². The Hall–Kier alpha value is -3.88. The summed E-state index contributed by atoms with van der Waals surface area (Å²) in [5.74, 6) is -2.52. The molecule has 9 heteroatoms. The van der Waals surface area contributed by atoms with Crippen LogP contribution in [0.3, 0.4) is 0 Å². The van der Waals surface area contributed by atoms with Crippen LogP contribution in [0.4, 0.5) is 4.79 Å². The molecule has 1 aliphatic carbocycles. The van der Waals surface area contributed by atoms with Crippen LogP contribution in [0.5, 0.6) is 0 Å². The van der Waals surface area contributed by atoms with Crippen molar-refractivity contribution in [2.45, 2.75) is 30.8 Å². The molecule has 4 rings (SSSR count). The van der Waals surface area contributed by atoms with Gasteiger partial charge in [-0.2, -0.15) is 0 Å². The second-order valence-corrected chi connectivity index (χ2v) is 7.76. The van der Waals surface area contributed by atoms with Crippen LogP contribution in [-0.2, 0) is 19.1 Å². The largest absolute Gasteiger partial charge is 0.481 e. The van der Waals surface area contributed by atoms with Crippen molar-refractivity contribution >= 4 is 23.9 Å². The highest BCUT2D eigenvalue weighted by Crippen LogP contribution is 2.44. The van der Waals surface area contributed by atoms with Crippen molar-refractivity contribution in [2.75, 3.05) is 13.2 Å². The van der Waals surface area contributed by atoms with Gasteiger partial charge in [0.1, 0.15) is 18.7 Å². The van der Waals surface area contributed by atoms with E-state index in [-0.39, 0.29) is 18.4 Å². The van der Waals surface area contributed by atoms with Crippen LogP contribution in [0.15, 0.2) is 48.5 Å². The van der Waals surface area contributed by atoms with E-state index in [1.165, 1.54) is 0 Å². The molecule has 32 heavy (non-hydrogen) atoms. The summed E-state index contributed by atoms with van der Waals surface area (Å²) in [4.78, 5) is 47.8. The van der Waals surface area contributed by atoms with E-state index in [0.717, 1.165) is 22.3 Å². The molecule has 0 saturated carbocycles. The Bertz CT molecular complexity index is 1020. The van der Waals surface area contributed by atoms with E-state index in [1.54, 1.807) is 0 Å². The fourth-order valence-electron chi connectivity index (χ4n) is 4.17. The van der Waals surface area contributed by atoms with Crippen molar-refractivity contribution in [2.24, 2.45) is 0 Å². The van der Waals surface area contributed by atoms with E-state index in [4.69, 9.17) is 9.84 Å². The van der Waals surface area contributed by atoms with Crippen molar-refractivity contribution in [3.63, 3.8) is 0 Å². The molecule has 0 spiro atoms. The summed E-state index contributed by atoms with van der Waals surface area (Å²) in [6, 6.07) is 13.6. The lowest BCUT2D eigenvalue weighted by atomic mass is 9.98. The third-order valence-electron chi connectivity index (χ3n) is 5.70. The number of rotatable bonds is 7. The standard InChI is InChI=1S/C23H23N3O6/c27-20(28)11-19(22(30)25-18-9-10-24-21(18)29)26-23(31)32-12-17-15-7-3-1-5-13(15)14-6-2-4-8-16(14)17/h1-8,17-19H,9-12H2,(H,24,29)(H,25,30)(H,26,31)(H,27,28). The molecular formula is C23H23N3O6. The lowest BCUT2D eigenvalue weighted by molar-refractivity contribution is -0.140. The molecule has 1 fully saturated rings. The Labute approximate surface area is 184 Å². The smallest absolute Gasteiger partial charge is 0.407 e. The van der Waals surface area contributed by atoms with Gasteiger partial charge in [0.25, 0.3) is 0 Å². The molecule has 0 aromatic heterocycles. The summed E-state index contributed by atoms with van der Waals surface area (Å²) in [6.07, 6.45) is -1.14. The van der Waals surface area contributed by atoms with Gasteiger partial charge < -0.3 is 25.8 Å². The lowest BCUT2D eigenvalue weighted by Gasteiger charge is -2.20. The normalized spacial score (nSPS) is 17.6. The highest BCUT2D eigenvalue weighted by atomic mass is 16.5. The second-order valence-electron chi connectivity index (χ2n) is 7.76. The third kappa shape index (κ3) is 4.41. The fourth-order valence-corrected chi connectivity index (χ4v) is 4.17. The van der Waals surface area contributed by atoms with Crippen molar-refractivity contribution in [3.8, 4) is 11.1 Å². The topological polar surface area (TPSA) is 134 Å². The predicted molar refractivity (Wildman–Crippen MR) is 114 cm³/mol. The Morgan fingerprint density at radius 2 is 1.69 bits per heavy atom. The molecule has 2 aliphatic rings. The molecule has 166 valence electrons. The van der Waals surface area contributed by atoms with Crippen LogP contribution >= 0.6 is 0 Å². The number of hydrogen-bond acceptors (Lipinski definition) is 5. The van der Waals surface area contributed by atoms with Crippen LogP contribution in [0, 0.1) is 0 Å². The van der Waals surface area contributed by atoms with Gasteiger partial charge in [-0.05, 0) is 28.7 Å². The molecule has 0 bridgehead atoms. The van der Waals surface area contributed by atoms with Crippen LogP contribution in [0.1, 0.15) is 29.9 Å². The minimum Gasteiger partial charge on any atom is -0.481 e. The number of alkyl carbamates (subject to hydrolysis) is 1. The van der Waals surface area contributed by atoms with Crippen LogP contribution in [-0.4, -0.2) is 54.2 Å². The molecule has 9 nitrogen and oxygen atoms in total. The molecule has 2 atom stereocenters. The van der Waals surface area contributed by atoms with Gasteiger partial charge in [-0.25, -0.2) is 4.79 Å². The van der Waals surface area contributed by atoms with Crippen molar-refractivity contribution < 1.29 is 29.0 Å². The zero-order valence-corrected chi connectivity index (χ0v) is 17.2. The SMILES string of the molecule is O=C(O)CC(NC(=O)OCC1c2ccccc2-c2ccccc21)C(=O)NC1CCNC1=O. The lowest BCUT2D eigenvalue weighted by Crippen LogP contribution is -2.52. The highest BCUT2D eigenvalue weighted by molar-refractivity contribution is 5.94. The summed E-state index contributed by atoms with van der Waals surface area (Å²) >= 11 is 0. The molecule has 1 saturated heterocycles. The number of benzene rings is 2. The van der Waals surface area contributed by atoms with Gasteiger partial charge in [0.15, 0.2) is 0 Å². The van der Waals surface area contributed by atoms with Crippen LogP contribution in [0.25, 0.3) is 11.1 Å². The highest BCUT2D eigenvalue weighted by Gasteiger charge is 2.32. The predicted octanol–water partition coefficient (Wildman–Crippen LogP) is 1.37. The summed E-state index contributed by atoms with van der Waals surface area (Å²) in [5.41, 5.74) is 4.23. The van der Waals surface area contributed by atoms with Crippen molar-refractivity contribution in [3.05, 3.63) is 59.7 Å². The first-order valence-corrected chi connectivity index (χ1v) is 10.4. The number of nitrogens with one attached hydrogen (secondary N) is 3. The second kappa shape index (κ2) is 9.09. The molecule has 0 radical (unpaired) electrons. The number of carbonyl (C=O) groups is 4. The molecule has 2 unspecified atom stereocenters. The summed E-state index contributed by atoms with van der Waals surface area (Å²) in [7, 11) is 0. The maximum absolute atomic E-state index is 12.5. The van der Waals surface area contributed by atoms with E-state index in [2.05, 4.69) is 16.0 Å². The number of aliphatic carboxylic acids is 1. The number of carbonyl (C=O) groups excluding carboxylic acids is 3. The molecule has 4 N–H and O–H groups in total. The quantitative estimate of drug-likeness (QED) is 0.517. The minimum atomic E-state index is -1.36. The van der Waals surface area contributed by atoms with Gasteiger partial charge in [0, 0.05) is 12.5 Å². The Kier molecular flexibility index (Phi) is 6.07. The molecule has 2 aromatic rings. The van der Waals surface area contributed by atoms with E-state index in [1.807, 2.05) is 48.5 Å². The first-order valence-electron chi connectivity index (χ1n) is 10.4. The minimum absolute atomic E-state index is 0.0340. The van der Waals surface area contributed by atoms with Gasteiger partial charge in [0.2, 0.25) is 11.8 Å². The Balaban J connectivity index is 1.41. The zero-order chi connectivity index (χ0) is 22.7. The number of ether oxygens (including phenoxy) is 1. The molecule has 1 heterocycles. The van der Waals surface area contributed by atoms with Gasteiger partial charge in [-0.1, -0.05) is 48.5 Å². The fraction of sp³-hybridized carbons (Fsp3) is 0.304. The number of carboxylic acid groups (broad SMARTS) is 1. The maximum Gasteiger partial charge on any atom is 0.407 e. The number of amides is 3. The average Bonchev–Trinajstić information content (AvgIpc) is 3.32. The van der Waals surface area contributed by atoms with E-state index in [0.29, 0.717) is 13.0 Å². The van der Waals surface area contributed by atoms with E-state index < -0.39 is 36.5 Å². The Morgan fingerprint density at radius 1 is 1.06 bits per heavy atom. The number of hydrogen-bond donors (Lipinski definition) is 4. The van der Waals surface area contributed by atoms with E-state index in [9.17, 15) is 19.2 Å². The molecule has 3 amide bonds. The summed E-state index contributed by atoms with van der Waals surface area (Å²) < 4.78 is 5.39. The number of carboxylic acids is 1.